The number of hydrogen-bond acceptors (Lipinski definition) is 3. The molecule has 0 aliphatic rings. The summed E-state index contributed by atoms with van der Waals surface area (Å²) >= 11 is 3.54. The highest BCUT2D eigenvalue weighted by Crippen LogP contribution is 2.26. The van der Waals surface area contributed by atoms with Crippen molar-refractivity contribution < 1.29 is 9.47 Å². The van der Waals surface area contributed by atoms with E-state index in [1.54, 1.807) is 14.2 Å². The molecule has 0 bridgehead atoms. The molecule has 0 amide bonds. The van der Waals surface area contributed by atoms with E-state index in [0.29, 0.717) is 6.61 Å². The third kappa shape index (κ3) is 3.98. The normalized spacial score (nSPS) is 14.4. The van der Waals surface area contributed by atoms with Gasteiger partial charge in [-0.2, -0.15) is 0 Å². The zero-order chi connectivity index (χ0) is 12.8. The fourth-order valence-corrected chi connectivity index (χ4v) is 2.03. The minimum atomic E-state index is 0.157. The summed E-state index contributed by atoms with van der Waals surface area (Å²) in [6, 6.07) is 6.32. The van der Waals surface area contributed by atoms with Crippen LogP contribution >= 0.6 is 15.9 Å². The molecule has 3 nitrogen and oxygen atoms in total. The quantitative estimate of drug-likeness (QED) is 0.873. The van der Waals surface area contributed by atoms with Crippen molar-refractivity contribution >= 4 is 21.6 Å². The number of benzene rings is 1. The van der Waals surface area contributed by atoms with Crippen molar-refractivity contribution in [3.63, 3.8) is 0 Å². The molecular formula is C13H20BrNO2. The summed E-state index contributed by atoms with van der Waals surface area (Å²) in [6.45, 7) is 4.73. The van der Waals surface area contributed by atoms with Gasteiger partial charge in [0.15, 0.2) is 0 Å². The van der Waals surface area contributed by atoms with E-state index in [2.05, 4.69) is 34.2 Å². The molecule has 2 unspecified atom stereocenters. The lowest BCUT2D eigenvalue weighted by Crippen LogP contribution is -2.30. The smallest absolute Gasteiger partial charge is 0.0744 e. The predicted octanol–water partition coefficient (Wildman–Crippen LogP) is 3.43. The molecule has 96 valence electrons. The lowest BCUT2D eigenvalue weighted by atomic mass is 10.1. The largest absolute Gasteiger partial charge is 0.380 e. The first-order chi connectivity index (χ1) is 8.10. The maximum Gasteiger partial charge on any atom is 0.0744 e. The Morgan fingerprint density at radius 1 is 1.29 bits per heavy atom. The summed E-state index contributed by atoms with van der Waals surface area (Å²) in [7, 11) is 3.42. The van der Waals surface area contributed by atoms with E-state index in [1.165, 1.54) is 0 Å². The standard InChI is InChI=1S/C13H20BrNO2/c1-9(10(2)17-4)15-13-7-5-6-12(14)11(13)8-16-3/h5-7,9-10,15H,8H2,1-4H3. The molecule has 0 saturated heterocycles. The van der Waals surface area contributed by atoms with Gasteiger partial charge in [-0.3, -0.25) is 0 Å². The second-order valence-corrected chi connectivity index (χ2v) is 4.93. The molecule has 17 heavy (non-hydrogen) atoms. The molecule has 0 aromatic heterocycles. The van der Waals surface area contributed by atoms with Crippen LogP contribution in [-0.4, -0.2) is 26.4 Å². The summed E-state index contributed by atoms with van der Waals surface area (Å²) in [4.78, 5) is 0. The van der Waals surface area contributed by atoms with E-state index >= 15 is 0 Å². The van der Waals surface area contributed by atoms with Gasteiger partial charge in [0, 0.05) is 36.0 Å². The van der Waals surface area contributed by atoms with Gasteiger partial charge in [-0.15, -0.1) is 0 Å². The summed E-state index contributed by atoms with van der Waals surface area (Å²) in [5.41, 5.74) is 2.21. The van der Waals surface area contributed by atoms with Crippen molar-refractivity contribution in [3.8, 4) is 0 Å². The number of methoxy groups -OCH3 is 2. The maximum atomic E-state index is 5.31. The highest BCUT2D eigenvalue weighted by atomic mass is 79.9. The number of hydrogen-bond donors (Lipinski definition) is 1. The van der Waals surface area contributed by atoms with E-state index in [9.17, 15) is 0 Å². The number of halogens is 1. The lowest BCUT2D eigenvalue weighted by molar-refractivity contribution is 0.106. The Balaban J connectivity index is 2.86. The van der Waals surface area contributed by atoms with E-state index in [0.717, 1.165) is 15.7 Å². The monoisotopic (exact) mass is 301 g/mol. The van der Waals surface area contributed by atoms with Gasteiger partial charge in [0.2, 0.25) is 0 Å². The Hall–Kier alpha value is -0.580. The molecule has 1 aromatic carbocycles. The molecule has 0 radical (unpaired) electrons. The van der Waals surface area contributed by atoms with Gasteiger partial charge in [-0.25, -0.2) is 0 Å². The molecule has 1 rings (SSSR count). The van der Waals surface area contributed by atoms with Crippen LogP contribution in [-0.2, 0) is 16.1 Å². The SMILES string of the molecule is COCc1c(Br)cccc1NC(C)C(C)OC. The van der Waals surface area contributed by atoms with Crippen molar-refractivity contribution in [2.24, 2.45) is 0 Å². The zero-order valence-electron chi connectivity index (χ0n) is 10.8. The molecule has 2 atom stereocenters. The van der Waals surface area contributed by atoms with Gasteiger partial charge >= 0.3 is 0 Å². The molecular weight excluding hydrogens is 282 g/mol. The topological polar surface area (TPSA) is 30.5 Å². The summed E-state index contributed by atoms with van der Waals surface area (Å²) in [5, 5.41) is 3.45. The molecule has 1 N–H and O–H groups in total. The Labute approximate surface area is 112 Å². The fourth-order valence-electron chi connectivity index (χ4n) is 1.55. The van der Waals surface area contributed by atoms with Crippen LogP contribution in [0.25, 0.3) is 0 Å². The average Bonchev–Trinajstić information content (AvgIpc) is 2.32. The second kappa shape index (κ2) is 6.99. The zero-order valence-corrected chi connectivity index (χ0v) is 12.4. The van der Waals surface area contributed by atoms with Gasteiger partial charge in [-0.05, 0) is 26.0 Å². The Morgan fingerprint density at radius 2 is 2.00 bits per heavy atom. The minimum absolute atomic E-state index is 0.157. The van der Waals surface area contributed by atoms with E-state index in [4.69, 9.17) is 9.47 Å². The molecule has 0 spiro atoms. The van der Waals surface area contributed by atoms with Gasteiger partial charge in [0.1, 0.15) is 0 Å². The van der Waals surface area contributed by atoms with E-state index in [-0.39, 0.29) is 12.1 Å². The predicted molar refractivity (Wildman–Crippen MR) is 74.4 cm³/mol. The molecule has 1 aromatic rings. The lowest BCUT2D eigenvalue weighted by Gasteiger charge is -2.23. The van der Waals surface area contributed by atoms with Gasteiger partial charge in [-0.1, -0.05) is 22.0 Å². The van der Waals surface area contributed by atoms with Crippen LogP contribution in [0, 0.1) is 0 Å². The Bertz CT molecular complexity index is 357. The van der Waals surface area contributed by atoms with Gasteiger partial charge in [0.05, 0.1) is 12.7 Å². The van der Waals surface area contributed by atoms with Crippen LogP contribution in [0.5, 0.6) is 0 Å². The van der Waals surface area contributed by atoms with Crippen molar-refractivity contribution in [3.05, 3.63) is 28.2 Å². The minimum Gasteiger partial charge on any atom is -0.380 e. The number of ether oxygens (including phenoxy) is 2. The van der Waals surface area contributed by atoms with Crippen molar-refractivity contribution in [1.82, 2.24) is 0 Å². The highest BCUT2D eigenvalue weighted by molar-refractivity contribution is 9.10. The van der Waals surface area contributed by atoms with Crippen LogP contribution in [0.3, 0.4) is 0 Å². The molecule has 4 heteroatoms. The average molecular weight is 302 g/mol. The van der Waals surface area contributed by atoms with Crippen LogP contribution in [0.15, 0.2) is 22.7 Å². The van der Waals surface area contributed by atoms with Crippen molar-refractivity contribution in [2.75, 3.05) is 19.5 Å². The first-order valence-corrected chi connectivity index (χ1v) is 6.45. The molecule has 0 heterocycles. The molecule has 0 saturated carbocycles. The van der Waals surface area contributed by atoms with Gasteiger partial charge in [0.25, 0.3) is 0 Å². The Kier molecular flexibility index (Phi) is 5.95. The first kappa shape index (κ1) is 14.5. The third-order valence-corrected chi connectivity index (χ3v) is 3.61. The van der Waals surface area contributed by atoms with E-state index < -0.39 is 0 Å². The summed E-state index contributed by atoms with van der Waals surface area (Å²) in [6.07, 6.45) is 0.157. The summed E-state index contributed by atoms with van der Waals surface area (Å²) < 4.78 is 11.6. The molecule has 0 aliphatic heterocycles. The van der Waals surface area contributed by atoms with Crippen molar-refractivity contribution in [2.45, 2.75) is 32.6 Å². The van der Waals surface area contributed by atoms with Crippen LogP contribution in [0.2, 0.25) is 0 Å². The van der Waals surface area contributed by atoms with Crippen molar-refractivity contribution in [1.29, 1.82) is 0 Å². The molecule has 0 aliphatic carbocycles. The highest BCUT2D eigenvalue weighted by Gasteiger charge is 2.13. The van der Waals surface area contributed by atoms with E-state index in [1.807, 2.05) is 19.1 Å². The second-order valence-electron chi connectivity index (χ2n) is 4.07. The van der Waals surface area contributed by atoms with Crippen LogP contribution in [0.1, 0.15) is 19.4 Å². The molecule has 0 fully saturated rings. The maximum absolute atomic E-state index is 5.31. The number of rotatable bonds is 6. The fraction of sp³-hybridized carbons (Fsp3) is 0.538. The number of nitrogens with one attached hydrogen (secondary N) is 1. The first-order valence-electron chi connectivity index (χ1n) is 5.65. The van der Waals surface area contributed by atoms with Crippen LogP contribution in [0.4, 0.5) is 5.69 Å². The Morgan fingerprint density at radius 3 is 2.59 bits per heavy atom. The van der Waals surface area contributed by atoms with Crippen LogP contribution < -0.4 is 5.32 Å². The summed E-state index contributed by atoms with van der Waals surface area (Å²) in [5.74, 6) is 0. The number of anilines is 1. The third-order valence-electron chi connectivity index (χ3n) is 2.87. The van der Waals surface area contributed by atoms with Gasteiger partial charge < -0.3 is 14.8 Å².